The fourth-order valence-corrected chi connectivity index (χ4v) is 2.91. The quantitative estimate of drug-likeness (QED) is 0.919. The average molecular weight is 283 g/mol. The molecule has 0 aliphatic carbocycles. The number of rotatable bonds is 4. The smallest absolute Gasteiger partial charge is 0.337 e. The zero-order valence-corrected chi connectivity index (χ0v) is 12.1. The number of halogens is 1. The second kappa shape index (κ2) is 5.37. The number of carbonyl (C=O) groups is 1. The lowest BCUT2D eigenvalue weighted by Crippen LogP contribution is -2.26. The number of aromatic nitrogens is 1. The SMILES string of the molecule is CCC1(CC)CCN(c2cc(C(=O)O)c(Cl)cn2)C1. The summed E-state index contributed by atoms with van der Waals surface area (Å²) in [6, 6.07) is 1.58. The fourth-order valence-electron chi connectivity index (χ4n) is 2.72. The number of nitrogens with zero attached hydrogens (tertiary/aromatic N) is 2. The molecule has 1 aromatic rings. The monoisotopic (exact) mass is 282 g/mol. The van der Waals surface area contributed by atoms with Crippen LogP contribution in [0.4, 0.5) is 5.82 Å². The summed E-state index contributed by atoms with van der Waals surface area (Å²) >= 11 is 5.85. The number of anilines is 1. The number of aromatic carboxylic acids is 1. The van der Waals surface area contributed by atoms with Crippen molar-refractivity contribution in [2.45, 2.75) is 33.1 Å². The molecule has 2 rings (SSSR count). The highest BCUT2D eigenvalue weighted by Gasteiger charge is 2.35. The third-order valence-corrected chi connectivity index (χ3v) is 4.63. The van der Waals surface area contributed by atoms with Crippen LogP contribution in [0, 0.1) is 5.41 Å². The predicted octanol–water partition coefficient (Wildman–Crippen LogP) is 3.45. The zero-order valence-electron chi connectivity index (χ0n) is 11.3. The largest absolute Gasteiger partial charge is 0.478 e. The molecule has 1 aliphatic rings. The topological polar surface area (TPSA) is 53.4 Å². The van der Waals surface area contributed by atoms with Gasteiger partial charge in [-0.15, -0.1) is 0 Å². The van der Waals surface area contributed by atoms with Crippen molar-refractivity contribution < 1.29 is 9.90 Å². The van der Waals surface area contributed by atoms with Crippen molar-refractivity contribution in [3.8, 4) is 0 Å². The molecule has 0 radical (unpaired) electrons. The van der Waals surface area contributed by atoms with Gasteiger partial charge in [-0.2, -0.15) is 0 Å². The summed E-state index contributed by atoms with van der Waals surface area (Å²) < 4.78 is 0. The Labute approximate surface area is 118 Å². The number of carboxylic acids is 1. The maximum absolute atomic E-state index is 11.1. The first-order valence-corrected chi connectivity index (χ1v) is 7.03. The highest BCUT2D eigenvalue weighted by molar-refractivity contribution is 6.33. The zero-order chi connectivity index (χ0) is 14.0. The van der Waals surface area contributed by atoms with E-state index >= 15 is 0 Å². The van der Waals surface area contributed by atoms with E-state index in [4.69, 9.17) is 16.7 Å². The van der Waals surface area contributed by atoms with Crippen LogP contribution in [0.3, 0.4) is 0 Å². The van der Waals surface area contributed by atoms with Gasteiger partial charge in [-0.1, -0.05) is 25.4 Å². The van der Waals surface area contributed by atoms with Gasteiger partial charge in [-0.3, -0.25) is 0 Å². The van der Waals surface area contributed by atoms with Gasteiger partial charge in [0, 0.05) is 19.3 Å². The Balaban J connectivity index is 2.25. The number of hydrogen-bond acceptors (Lipinski definition) is 3. The van der Waals surface area contributed by atoms with Crippen LogP contribution in [0.5, 0.6) is 0 Å². The molecule has 0 amide bonds. The summed E-state index contributed by atoms with van der Waals surface area (Å²) in [6.07, 6.45) is 4.84. The van der Waals surface area contributed by atoms with E-state index in [0.717, 1.165) is 32.4 Å². The minimum Gasteiger partial charge on any atom is -0.478 e. The van der Waals surface area contributed by atoms with Gasteiger partial charge in [-0.25, -0.2) is 9.78 Å². The minimum absolute atomic E-state index is 0.122. The van der Waals surface area contributed by atoms with Crippen LogP contribution < -0.4 is 4.90 Å². The molecule has 0 unspecified atom stereocenters. The van der Waals surface area contributed by atoms with Gasteiger partial charge in [0.2, 0.25) is 0 Å². The molecule has 1 N–H and O–H groups in total. The molecule has 0 bridgehead atoms. The summed E-state index contributed by atoms with van der Waals surface area (Å²) in [5.41, 5.74) is 0.460. The van der Waals surface area contributed by atoms with Crippen molar-refractivity contribution in [2.24, 2.45) is 5.41 Å². The van der Waals surface area contributed by atoms with Crippen LogP contribution in [0.2, 0.25) is 5.02 Å². The molecule has 1 saturated heterocycles. The first kappa shape index (κ1) is 14.1. The molecule has 5 heteroatoms. The van der Waals surface area contributed by atoms with Crippen molar-refractivity contribution in [3.05, 3.63) is 22.8 Å². The number of hydrogen-bond donors (Lipinski definition) is 1. The molecule has 0 saturated carbocycles. The Kier molecular flexibility index (Phi) is 3.99. The molecule has 0 spiro atoms. The third-order valence-electron chi connectivity index (χ3n) is 4.33. The number of carboxylic acid groups (broad SMARTS) is 1. The summed E-state index contributed by atoms with van der Waals surface area (Å²) in [6.45, 7) is 6.29. The van der Waals surface area contributed by atoms with E-state index < -0.39 is 5.97 Å². The van der Waals surface area contributed by atoms with Crippen LogP contribution in [0.1, 0.15) is 43.5 Å². The Morgan fingerprint density at radius 1 is 1.53 bits per heavy atom. The van der Waals surface area contributed by atoms with Crippen molar-refractivity contribution in [1.82, 2.24) is 4.98 Å². The molecule has 19 heavy (non-hydrogen) atoms. The second-order valence-electron chi connectivity index (χ2n) is 5.21. The standard InChI is InChI=1S/C14H19ClN2O2/c1-3-14(4-2)5-6-17(9-14)12-7-10(13(18)19)11(15)8-16-12/h7-8H,3-6,9H2,1-2H3,(H,18,19). The van der Waals surface area contributed by atoms with Crippen molar-refractivity contribution >= 4 is 23.4 Å². The highest BCUT2D eigenvalue weighted by Crippen LogP contribution is 2.38. The van der Waals surface area contributed by atoms with Gasteiger partial charge in [0.15, 0.2) is 0 Å². The molecule has 2 heterocycles. The highest BCUT2D eigenvalue weighted by atomic mass is 35.5. The molecular formula is C14H19ClN2O2. The van der Waals surface area contributed by atoms with E-state index in [1.807, 2.05) is 0 Å². The van der Waals surface area contributed by atoms with Crippen LogP contribution in [-0.2, 0) is 0 Å². The van der Waals surface area contributed by atoms with Crippen LogP contribution in [0.15, 0.2) is 12.3 Å². The van der Waals surface area contributed by atoms with Gasteiger partial charge >= 0.3 is 5.97 Å². The van der Waals surface area contributed by atoms with E-state index in [1.165, 1.54) is 6.20 Å². The summed E-state index contributed by atoms with van der Waals surface area (Å²) in [4.78, 5) is 17.5. The average Bonchev–Trinajstić information content (AvgIpc) is 2.84. The van der Waals surface area contributed by atoms with E-state index in [1.54, 1.807) is 6.07 Å². The second-order valence-corrected chi connectivity index (χ2v) is 5.61. The normalized spacial score (nSPS) is 17.7. The number of pyridine rings is 1. The van der Waals surface area contributed by atoms with Crippen LogP contribution in [0.25, 0.3) is 0 Å². The van der Waals surface area contributed by atoms with E-state index in [2.05, 4.69) is 23.7 Å². The molecule has 4 nitrogen and oxygen atoms in total. The lowest BCUT2D eigenvalue weighted by Gasteiger charge is -2.26. The van der Waals surface area contributed by atoms with Gasteiger partial charge in [-0.05, 0) is 30.7 Å². The van der Waals surface area contributed by atoms with Gasteiger partial charge < -0.3 is 10.0 Å². The Bertz CT molecular complexity index is 486. The fraction of sp³-hybridized carbons (Fsp3) is 0.571. The molecule has 0 aromatic carbocycles. The lowest BCUT2D eigenvalue weighted by atomic mass is 9.82. The molecule has 104 valence electrons. The Morgan fingerprint density at radius 3 is 2.74 bits per heavy atom. The first-order chi connectivity index (χ1) is 9.01. The van der Waals surface area contributed by atoms with E-state index in [-0.39, 0.29) is 10.6 Å². The van der Waals surface area contributed by atoms with Gasteiger partial charge in [0.25, 0.3) is 0 Å². The van der Waals surface area contributed by atoms with E-state index in [9.17, 15) is 4.79 Å². The van der Waals surface area contributed by atoms with Crippen LogP contribution >= 0.6 is 11.6 Å². The molecule has 1 aromatic heterocycles. The Morgan fingerprint density at radius 2 is 2.21 bits per heavy atom. The predicted molar refractivity (Wildman–Crippen MR) is 76.1 cm³/mol. The van der Waals surface area contributed by atoms with Gasteiger partial charge in [0.1, 0.15) is 5.82 Å². The lowest BCUT2D eigenvalue weighted by molar-refractivity contribution is 0.0697. The minimum atomic E-state index is -1.01. The molecular weight excluding hydrogens is 264 g/mol. The summed E-state index contributed by atoms with van der Waals surface area (Å²) in [5, 5.41) is 9.28. The molecule has 1 aliphatic heterocycles. The van der Waals surface area contributed by atoms with Crippen molar-refractivity contribution in [3.63, 3.8) is 0 Å². The van der Waals surface area contributed by atoms with E-state index in [0.29, 0.717) is 11.2 Å². The van der Waals surface area contributed by atoms with Gasteiger partial charge in [0.05, 0.1) is 10.6 Å². The summed E-state index contributed by atoms with van der Waals surface area (Å²) in [5.74, 6) is -0.296. The summed E-state index contributed by atoms with van der Waals surface area (Å²) in [7, 11) is 0. The maximum atomic E-state index is 11.1. The van der Waals surface area contributed by atoms with Crippen LogP contribution in [-0.4, -0.2) is 29.1 Å². The van der Waals surface area contributed by atoms with Crippen molar-refractivity contribution in [1.29, 1.82) is 0 Å². The first-order valence-electron chi connectivity index (χ1n) is 6.65. The van der Waals surface area contributed by atoms with Crippen molar-refractivity contribution in [2.75, 3.05) is 18.0 Å². The maximum Gasteiger partial charge on any atom is 0.337 e. The Hall–Kier alpha value is -1.29. The molecule has 0 atom stereocenters. The third kappa shape index (κ3) is 2.68. The molecule has 1 fully saturated rings.